The van der Waals surface area contributed by atoms with Gasteiger partial charge in [-0.1, -0.05) is 76.6 Å². The molecule has 7 heteroatoms. The molecule has 0 spiro atoms. The van der Waals surface area contributed by atoms with Gasteiger partial charge in [-0.2, -0.15) is 0 Å². The Kier molecular flexibility index (Phi) is 8.75. The van der Waals surface area contributed by atoms with Crippen molar-refractivity contribution in [3.05, 3.63) is 118 Å². The molecule has 3 aromatic carbocycles. The predicted molar refractivity (Wildman–Crippen MR) is 176 cm³/mol. The molecule has 220 valence electrons. The standard InChI is InChI=1S/C36H36BrN3O3/c1-40(2)19-18-36(41,27-14-11-15-28(37)24-27)33-29-22-25-12-5-7-16-31(25)38-34(29)42-20-9-3-4-10-21-43-35-30(33)23-26-13-6-8-17-32(26)39-35/h3-8,11-17,22-24,33,41H,9-10,18-21H2,1-2H3/b4-3-. The van der Waals surface area contributed by atoms with Crippen LogP contribution in [-0.2, 0) is 5.60 Å². The summed E-state index contributed by atoms with van der Waals surface area (Å²) in [4.78, 5) is 12.2. The van der Waals surface area contributed by atoms with Crippen LogP contribution in [-0.4, -0.2) is 53.8 Å². The largest absolute Gasteiger partial charge is 0.477 e. The van der Waals surface area contributed by atoms with Gasteiger partial charge in [0, 0.05) is 32.9 Å². The highest BCUT2D eigenvalue weighted by Crippen LogP contribution is 2.50. The molecule has 1 aliphatic heterocycles. The molecule has 0 saturated carbocycles. The third-order valence-corrected chi connectivity index (χ3v) is 8.50. The predicted octanol–water partition coefficient (Wildman–Crippen LogP) is 7.62. The normalized spacial score (nSPS) is 16.6. The van der Waals surface area contributed by atoms with Crippen LogP contribution in [0.3, 0.4) is 0 Å². The van der Waals surface area contributed by atoms with Gasteiger partial charge in [0.2, 0.25) is 11.8 Å². The molecule has 1 atom stereocenters. The van der Waals surface area contributed by atoms with Crippen LogP contribution in [0.25, 0.3) is 21.8 Å². The van der Waals surface area contributed by atoms with Gasteiger partial charge >= 0.3 is 0 Å². The quantitative estimate of drug-likeness (QED) is 0.200. The molecule has 0 radical (unpaired) electrons. The molecule has 43 heavy (non-hydrogen) atoms. The zero-order valence-corrected chi connectivity index (χ0v) is 26.1. The first-order valence-electron chi connectivity index (χ1n) is 14.8. The van der Waals surface area contributed by atoms with Crippen LogP contribution < -0.4 is 9.47 Å². The number of aliphatic hydroxyl groups is 1. The Morgan fingerprint density at radius 2 is 1.35 bits per heavy atom. The van der Waals surface area contributed by atoms with Crippen LogP contribution in [0.5, 0.6) is 11.8 Å². The lowest BCUT2D eigenvalue weighted by atomic mass is 9.71. The van der Waals surface area contributed by atoms with Gasteiger partial charge in [0.15, 0.2) is 0 Å². The second kappa shape index (κ2) is 12.8. The highest BCUT2D eigenvalue weighted by atomic mass is 79.9. The monoisotopic (exact) mass is 637 g/mol. The average Bonchev–Trinajstić information content (AvgIpc) is 3.02. The fraction of sp³-hybridized carbons (Fsp3) is 0.278. The van der Waals surface area contributed by atoms with Gasteiger partial charge in [-0.3, -0.25) is 0 Å². The number of pyridine rings is 2. The minimum atomic E-state index is -1.38. The lowest BCUT2D eigenvalue weighted by molar-refractivity contribution is 0.00279. The molecule has 1 aliphatic rings. The number of rotatable bonds is 5. The fourth-order valence-electron chi connectivity index (χ4n) is 5.85. The van der Waals surface area contributed by atoms with Gasteiger partial charge in [-0.25, -0.2) is 9.97 Å². The number of hydrogen-bond donors (Lipinski definition) is 1. The maximum Gasteiger partial charge on any atom is 0.217 e. The molecule has 2 aromatic heterocycles. The summed E-state index contributed by atoms with van der Waals surface area (Å²) in [5, 5.41) is 15.2. The lowest BCUT2D eigenvalue weighted by Gasteiger charge is -2.39. The van der Waals surface area contributed by atoms with E-state index in [1.165, 1.54) is 0 Å². The van der Waals surface area contributed by atoms with Crippen molar-refractivity contribution in [2.45, 2.75) is 30.8 Å². The van der Waals surface area contributed by atoms with Crippen molar-refractivity contribution < 1.29 is 14.6 Å². The van der Waals surface area contributed by atoms with E-state index >= 15 is 0 Å². The van der Waals surface area contributed by atoms with Crippen LogP contribution in [0.15, 0.2) is 102 Å². The van der Waals surface area contributed by atoms with Gasteiger partial charge in [-0.05, 0) is 75.3 Å². The van der Waals surface area contributed by atoms with Gasteiger partial charge in [0.05, 0.1) is 30.2 Å². The lowest BCUT2D eigenvalue weighted by Crippen LogP contribution is -2.38. The average molecular weight is 639 g/mol. The second-order valence-electron chi connectivity index (χ2n) is 11.3. The summed E-state index contributed by atoms with van der Waals surface area (Å²) in [7, 11) is 4.05. The van der Waals surface area contributed by atoms with Crippen molar-refractivity contribution in [2.75, 3.05) is 33.9 Å². The van der Waals surface area contributed by atoms with E-state index in [0.29, 0.717) is 37.9 Å². The molecule has 0 saturated heterocycles. The number of nitrogens with zero attached hydrogens (tertiary/aromatic N) is 3. The van der Waals surface area contributed by atoms with Gasteiger partial charge in [0.25, 0.3) is 0 Å². The first-order chi connectivity index (χ1) is 20.9. The maximum atomic E-state index is 13.3. The Morgan fingerprint density at radius 1 is 0.791 bits per heavy atom. The summed E-state index contributed by atoms with van der Waals surface area (Å²) in [5.41, 5.74) is 2.68. The van der Waals surface area contributed by atoms with Crippen molar-refractivity contribution in [1.82, 2.24) is 14.9 Å². The Labute approximate surface area is 261 Å². The summed E-state index contributed by atoms with van der Waals surface area (Å²) in [6.45, 7) is 1.59. The maximum absolute atomic E-state index is 13.3. The van der Waals surface area contributed by atoms with Crippen LogP contribution in [0, 0.1) is 0 Å². The van der Waals surface area contributed by atoms with E-state index in [-0.39, 0.29) is 0 Å². The van der Waals surface area contributed by atoms with Crippen LogP contribution in [0.1, 0.15) is 41.9 Å². The van der Waals surface area contributed by atoms with E-state index in [1.807, 2.05) is 74.8 Å². The highest BCUT2D eigenvalue weighted by molar-refractivity contribution is 9.10. The number of para-hydroxylation sites is 2. The number of benzene rings is 3. The van der Waals surface area contributed by atoms with E-state index in [4.69, 9.17) is 19.4 Å². The molecule has 6 rings (SSSR count). The van der Waals surface area contributed by atoms with Crippen molar-refractivity contribution in [1.29, 1.82) is 0 Å². The number of ether oxygens (including phenoxy) is 2. The molecule has 1 unspecified atom stereocenters. The minimum Gasteiger partial charge on any atom is -0.477 e. The SMILES string of the molecule is CN(C)CCC(O)(c1cccc(Br)c1)C1c2cc3ccccc3nc2OCC/C=C\CCOc2nc3ccccc3cc21. The number of halogens is 1. The highest BCUT2D eigenvalue weighted by Gasteiger charge is 2.44. The van der Waals surface area contributed by atoms with Gasteiger partial charge < -0.3 is 19.5 Å². The van der Waals surface area contributed by atoms with Crippen LogP contribution in [0.4, 0.5) is 0 Å². The molecule has 0 fully saturated rings. The third-order valence-electron chi connectivity index (χ3n) is 8.01. The van der Waals surface area contributed by atoms with E-state index in [1.54, 1.807) is 0 Å². The Morgan fingerprint density at radius 3 is 1.88 bits per heavy atom. The Hall–Kier alpha value is -3.78. The first-order valence-corrected chi connectivity index (χ1v) is 15.5. The molecule has 0 amide bonds. The molecular weight excluding hydrogens is 602 g/mol. The van der Waals surface area contributed by atoms with Crippen molar-refractivity contribution >= 4 is 37.7 Å². The summed E-state index contributed by atoms with van der Waals surface area (Å²) in [6, 6.07) is 28.3. The first kappa shape index (κ1) is 29.3. The van der Waals surface area contributed by atoms with Crippen molar-refractivity contribution in [3.63, 3.8) is 0 Å². The minimum absolute atomic E-state index is 0.446. The van der Waals surface area contributed by atoms with E-state index in [2.05, 4.69) is 57.2 Å². The van der Waals surface area contributed by atoms with E-state index < -0.39 is 11.5 Å². The zero-order valence-electron chi connectivity index (χ0n) is 24.5. The number of fused-ring (bicyclic) bond motifs is 4. The topological polar surface area (TPSA) is 67.7 Å². The van der Waals surface area contributed by atoms with Crippen LogP contribution in [0.2, 0.25) is 0 Å². The third kappa shape index (κ3) is 6.30. The van der Waals surface area contributed by atoms with E-state index in [9.17, 15) is 5.11 Å². The molecular formula is C36H36BrN3O3. The summed E-state index contributed by atoms with van der Waals surface area (Å²) >= 11 is 3.66. The van der Waals surface area contributed by atoms with Gasteiger partial charge in [-0.15, -0.1) is 0 Å². The second-order valence-corrected chi connectivity index (χ2v) is 12.2. The smallest absolute Gasteiger partial charge is 0.217 e. The van der Waals surface area contributed by atoms with Crippen molar-refractivity contribution in [3.8, 4) is 11.8 Å². The molecule has 5 aromatic rings. The van der Waals surface area contributed by atoms with Gasteiger partial charge in [0.1, 0.15) is 5.60 Å². The molecule has 0 aliphatic carbocycles. The van der Waals surface area contributed by atoms with Crippen molar-refractivity contribution in [2.24, 2.45) is 0 Å². The van der Waals surface area contributed by atoms with E-state index in [0.717, 1.165) is 55.8 Å². The number of hydrogen-bond acceptors (Lipinski definition) is 6. The fourth-order valence-corrected chi connectivity index (χ4v) is 6.25. The molecule has 6 nitrogen and oxygen atoms in total. The zero-order chi connectivity index (χ0) is 29.8. The molecule has 0 bridgehead atoms. The Balaban J connectivity index is 1.70. The molecule has 1 N–H and O–H groups in total. The molecule has 3 heterocycles. The summed E-state index contributed by atoms with van der Waals surface area (Å²) in [5.74, 6) is 0.400. The summed E-state index contributed by atoms with van der Waals surface area (Å²) in [6.07, 6.45) is 6.15. The number of aromatic nitrogens is 2. The Bertz CT molecular complexity index is 1680. The summed E-state index contributed by atoms with van der Waals surface area (Å²) < 4.78 is 13.8. The van der Waals surface area contributed by atoms with Crippen LogP contribution >= 0.6 is 15.9 Å².